The van der Waals surface area contributed by atoms with Crippen molar-refractivity contribution in [1.29, 1.82) is 5.26 Å². The van der Waals surface area contributed by atoms with Gasteiger partial charge in [0.15, 0.2) is 0 Å². The third-order valence-electron chi connectivity index (χ3n) is 7.00. The topological polar surface area (TPSA) is 118 Å². The average Bonchev–Trinajstić information content (AvgIpc) is 3.55. The molecule has 0 atom stereocenters. The molecule has 2 aromatic carbocycles. The fourth-order valence-electron chi connectivity index (χ4n) is 4.90. The second-order valence-electron chi connectivity index (χ2n) is 12.8. The van der Waals surface area contributed by atoms with Crippen molar-refractivity contribution in [3.63, 3.8) is 0 Å². The fraction of sp³-hybridized carbons (Fsp3) is 0.394. The Morgan fingerprint density at radius 1 is 1.11 bits per heavy atom. The van der Waals surface area contributed by atoms with Crippen LogP contribution >= 0.6 is 0 Å². The molecule has 0 aliphatic heterocycles. The number of benzene rings is 2. The lowest BCUT2D eigenvalue weighted by molar-refractivity contribution is -0.134. The van der Waals surface area contributed by atoms with Gasteiger partial charge in [-0.3, -0.25) is 9.13 Å². The average molecular weight is 617 g/mol. The van der Waals surface area contributed by atoms with Gasteiger partial charge in [0, 0.05) is 43.5 Å². The van der Waals surface area contributed by atoms with Crippen LogP contribution in [0.4, 0.5) is 4.79 Å². The van der Waals surface area contributed by atoms with Crippen molar-refractivity contribution in [2.75, 3.05) is 20.8 Å². The van der Waals surface area contributed by atoms with E-state index >= 15 is 0 Å². The van der Waals surface area contributed by atoms with Crippen LogP contribution < -0.4 is 4.74 Å². The molecule has 0 N–H and O–H groups in total. The number of aryl methyl sites for hydroxylation is 1. The number of methoxy groups -OCH3 is 2. The lowest BCUT2D eigenvalue weighted by Crippen LogP contribution is -2.26. The fourth-order valence-corrected chi connectivity index (χ4v) is 5.65. The van der Waals surface area contributed by atoms with E-state index in [-0.39, 0.29) is 6.73 Å². The van der Waals surface area contributed by atoms with Crippen molar-refractivity contribution >= 4 is 47.6 Å². The molecule has 0 radical (unpaired) electrons. The molecule has 0 aliphatic carbocycles. The van der Waals surface area contributed by atoms with E-state index in [1.807, 2.05) is 38.3 Å². The number of hydrogen-bond acceptors (Lipinski definition) is 8. The Balaban J connectivity index is 2.00. The predicted octanol–water partition coefficient (Wildman–Crippen LogP) is 6.88. The zero-order valence-electron chi connectivity index (χ0n) is 26.9. The summed E-state index contributed by atoms with van der Waals surface area (Å²) in [5.41, 5.74) is 3.39. The summed E-state index contributed by atoms with van der Waals surface area (Å²) in [5.74, 6) is 0.295. The Hall–Kier alpha value is -4.40. The van der Waals surface area contributed by atoms with Crippen LogP contribution in [-0.2, 0) is 25.7 Å². The Kier molecular flexibility index (Phi) is 9.37. The summed E-state index contributed by atoms with van der Waals surface area (Å²) in [4.78, 5) is 31.1. The van der Waals surface area contributed by atoms with Gasteiger partial charge in [-0.25, -0.2) is 14.6 Å². The highest BCUT2D eigenvalue weighted by Crippen LogP contribution is 2.40. The molecule has 4 aromatic rings. The summed E-state index contributed by atoms with van der Waals surface area (Å²) in [6.45, 7) is 14.8. The van der Waals surface area contributed by atoms with E-state index in [4.69, 9.17) is 23.9 Å². The molecule has 11 heteroatoms. The quantitative estimate of drug-likeness (QED) is 0.0865. The standard InChI is InChI=1S/C33H40N4O6Si/c1-21-16-27(40-5)29(23-12-13-36(30(21)23)32(39)43-33(2,3)4)24(18-28(38)41-6)31-35-25-11-10-22(19-34)17-26(25)37(31)20-42-14-15-44(7,8)9/h10-13,16-18H,14-15,20H2,1-9H3. The minimum Gasteiger partial charge on any atom is -0.496 e. The van der Waals surface area contributed by atoms with Crippen LogP contribution in [0.25, 0.3) is 27.5 Å². The second kappa shape index (κ2) is 12.7. The highest BCUT2D eigenvalue weighted by atomic mass is 28.3. The molecule has 2 heterocycles. The van der Waals surface area contributed by atoms with Crippen molar-refractivity contribution in [2.45, 2.75) is 65.7 Å². The van der Waals surface area contributed by atoms with Gasteiger partial charge in [0.1, 0.15) is 23.9 Å². The Morgan fingerprint density at radius 3 is 2.45 bits per heavy atom. The first-order chi connectivity index (χ1) is 20.7. The third-order valence-corrected chi connectivity index (χ3v) is 8.71. The van der Waals surface area contributed by atoms with Gasteiger partial charge in [-0.05, 0) is 69.6 Å². The minimum absolute atomic E-state index is 0.139. The monoisotopic (exact) mass is 616 g/mol. The Bertz CT molecular complexity index is 1800. The zero-order valence-corrected chi connectivity index (χ0v) is 27.9. The van der Waals surface area contributed by atoms with Crippen molar-refractivity contribution in [1.82, 2.24) is 14.1 Å². The first-order valence-corrected chi connectivity index (χ1v) is 18.1. The van der Waals surface area contributed by atoms with E-state index in [9.17, 15) is 14.9 Å². The second-order valence-corrected chi connectivity index (χ2v) is 18.4. The SMILES string of the molecule is COC(=O)C=C(c1c(OC)cc(C)c2c1ccn2C(=O)OC(C)(C)C)c1nc2ccc(C#N)cc2n1COCC[Si](C)(C)C. The molecular formula is C33H40N4O6Si. The number of nitrogens with zero attached hydrogens (tertiary/aromatic N) is 4. The van der Waals surface area contributed by atoms with Crippen LogP contribution in [0.5, 0.6) is 5.75 Å². The van der Waals surface area contributed by atoms with Gasteiger partial charge in [0.25, 0.3) is 0 Å². The molecule has 0 saturated carbocycles. The summed E-state index contributed by atoms with van der Waals surface area (Å²) in [7, 11) is 1.50. The van der Waals surface area contributed by atoms with Gasteiger partial charge in [-0.2, -0.15) is 5.26 Å². The highest BCUT2D eigenvalue weighted by molar-refractivity contribution is 6.76. The summed E-state index contributed by atoms with van der Waals surface area (Å²) in [6, 6.07) is 12.0. The van der Waals surface area contributed by atoms with Gasteiger partial charge in [-0.1, -0.05) is 19.6 Å². The number of carbonyl (C=O) groups excluding carboxylic acids is 2. The maximum atomic E-state index is 13.2. The van der Waals surface area contributed by atoms with E-state index < -0.39 is 25.7 Å². The van der Waals surface area contributed by atoms with Crippen LogP contribution in [0.1, 0.15) is 43.3 Å². The van der Waals surface area contributed by atoms with E-state index in [0.717, 1.165) is 11.6 Å². The molecule has 0 amide bonds. The molecular weight excluding hydrogens is 576 g/mol. The third kappa shape index (κ3) is 7.04. The summed E-state index contributed by atoms with van der Waals surface area (Å²) >= 11 is 0. The number of imidazole rings is 1. The maximum absolute atomic E-state index is 13.2. The van der Waals surface area contributed by atoms with Gasteiger partial charge in [0.2, 0.25) is 0 Å². The van der Waals surface area contributed by atoms with E-state index in [1.54, 1.807) is 37.6 Å². The Morgan fingerprint density at radius 2 is 1.84 bits per heavy atom. The molecule has 0 saturated heterocycles. The Labute approximate surface area is 258 Å². The first kappa shape index (κ1) is 32.5. The predicted molar refractivity (Wildman–Crippen MR) is 173 cm³/mol. The molecule has 0 bridgehead atoms. The van der Waals surface area contributed by atoms with Gasteiger partial charge < -0.3 is 18.9 Å². The number of rotatable bonds is 9. The first-order valence-electron chi connectivity index (χ1n) is 14.4. The molecule has 10 nitrogen and oxygen atoms in total. The molecule has 232 valence electrons. The largest absolute Gasteiger partial charge is 0.496 e. The van der Waals surface area contributed by atoms with Gasteiger partial charge in [-0.15, -0.1) is 0 Å². The molecule has 0 aliphatic rings. The number of esters is 1. The van der Waals surface area contributed by atoms with Crippen molar-refractivity contribution < 1.29 is 28.5 Å². The van der Waals surface area contributed by atoms with Gasteiger partial charge in [0.05, 0.1) is 42.4 Å². The lowest BCUT2D eigenvalue weighted by atomic mass is 9.97. The van der Waals surface area contributed by atoms with Crippen molar-refractivity contribution in [2.24, 2.45) is 0 Å². The smallest absolute Gasteiger partial charge is 0.419 e. The molecule has 0 spiro atoms. The summed E-state index contributed by atoms with van der Waals surface area (Å²) < 4.78 is 26.1. The maximum Gasteiger partial charge on any atom is 0.419 e. The van der Waals surface area contributed by atoms with Gasteiger partial charge >= 0.3 is 12.1 Å². The van der Waals surface area contributed by atoms with E-state index in [2.05, 4.69) is 25.7 Å². The summed E-state index contributed by atoms with van der Waals surface area (Å²) in [5, 5.41) is 10.3. The molecule has 4 rings (SSSR count). The summed E-state index contributed by atoms with van der Waals surface area (Å²) in [6.07, 6.45) is 2.48. The highest BCUT2D eigenvalue weighted by Gasteiger charge is 2.27. The zero-order chi connectivity index (χ0) is 32.4. The van der Waals surface area contributed by atoms with E-state index in [0.29, 0.717) is 56.8 Å². The molecule has 0 unspecified atom stereocenters. The van der Waals surface area contributed by atoms with Crippen molar-refractivity contribution in [3.8, 4) is 11.8 Å². The number of fused-ring (bicyclic) bond motifs is 2. The number of nitriles is 1. The molecule has 0 fully saturated rings. The number of carbonyl (C=O) groups is 2. The minimum atomic E-state index is -1.36. The number of ether oxygens (including phenoxy) is 4. The normalized spacial score (nSPS) is 12.4. The van der Waals surface area contributed by atoms with Crippen LogP contribution in [-0.4, -0.2) is 60.7 Å². The molecule has 44 heavy (non-hydrogen) atoms. The number of hydrogen-bond donors (Lipinski definition) is 0. The molecule has 2 aromatic heterocycles. The van der Waals surface area contributed by atoms with Crippen molar-refractivity contribution in [3.05, 3.63) is 65.1 Å². The number of aromatic nitrogens is 3. The van der Waals surface area contributed by atoms with Crippen LogP contribution in [0.2, 0.25) is 25.7 Å². The van der Waals surface area contributed by atoms with E-state index in [1.165, 1.54) is 17.8 Å². The van der Waals surface area contributed by atoms with Crippen LogP contribution in [0, 0.1) is 18.3 Å². The van der Waals surface area contributed by atoms with Crippen LogP contribution in [0.15, 0.2) is 42.6 Å². The lowest BCUT2D eigenvalue weighted by Gasteiger charge is -2.21. The van der Waals surface area contributed by atoms with Crippen LogP contribution in [0.3, 0.4) is 0 Å².